The van der Waals surface area contributed by atoms with Crippen LogP contribution in [0.3, 0.4) is 0 Å². The van der Waals surface area contributed by atoms with Crippen molar-refractivity contribution < 1.29 is 4.79 Å². The molecular weight excluding hydrogens is 394 g/mol. The number of rotatable bonds is 4. The molecule has 0 spiro atoms. The van der Waals surface area contributed by atoms with Gasteiger partial charge in [-0.2, -0.15) is 0 Å². The van der Waals surface area contributed by atoms with Gasteiger partial charge in [-0.3, -0.25) is 15.0 Å². The Bertz CT molecular complexity index is 1260. The summed E-state index contributed by atoms with van der Waals surface area (Å²) in [5.41, 5.74) is 3.72. The van der Waals surface area contributed by atoms with Crippen molar-refractivity contribution in [1.29, 1.82) is 0 Å². The van der Waals surface area contributed by atoms with Crippen LogP contribution in [0.15, 0.2) is 77.9 Å². The average molecular weight is 408 g/mol. The largest absolute Gasteiger partial charge is 0.280 e. The van der Waals surface area contributed by atoms with Gasteiger partial charge in [-0.15, -0.1) is 11.3 Å². The number of carbonyl (C=O) groups excluding carboxylic acids is 1. The normalized spacial score (nSPS) is 11.2. The number of nitrogens with one attached hydrogen (secondary N) is 1. The summed E-state index contributed by atoms with van der Waals surface area (Å²) in [7, 11) is 0. The van der Waals surface area contributed by atoms with Crippen LogP contribution in [0, 0.1) is 0 Å². The maximum absolute atomic E-state index is 12.4. The molecule has 0 aliphatic carbocycles. The molecule has 1 amide bonds. The Labute approximate surface area is 169 Å². The van der Waals surface area contributed by atoms with Gasteiger partial charge in [0, 0.05) is 26.4 Å². The second-order valence-corrected chi connectivity index (χ2v) is 7.45. The molecule has 2 aromatic heterocycles. The Hall–Kier alpha value is -3.22. The molecule has 2 heterocycles. The van der Waals surface area contributed by atoms with Crippen LogP contribution in [0.5, 0.6) is 0 Å². The molecule has 7 heteroatoms. The number of benzene rings is 2. The SMILES string of the molecule is O=C(/C=C/c1ccc(-c2ccccc2Cl)s1)Nn1cnc2ccccc2c1=O. The molecule has 1 N–H and O–H groups in total. The maximum Gasteiger partial charge on any atom is 0.280 e. The first-order valence-electron chi connectivity index (χ1n) is 8.42. The summed E-state index contributed by atoms with van der Waals surface area (Å²) in [6.45, 7) is 0. The van der Waals surface area contributed by atoms with Gasteiger partial charge in [0.15, 0.2) is 0 Å². The topological polar surface area (TPSA) is 64.0 Å². The number of amides is 1. The average Bonchev–Trinajstić information content (AvgIpc) is 3.18. The molecule has 4 aromatic rings. The van der Waals surface area contributed by atoms with Crippen molar-refractivity contribution in [3.63, 3.8) is 0 Å². The van der Waals surface area contributed by atoms with Crippen molar-refractivity contribution in [3.8, 4) is 10.4 Å². The molecule has 138 valence electrons. The van der Waals surface area contributed by atoms with Gasteiger partial charge in [0.2, 0.25) is 0 Å². The standard InChI is InChI=1S/C21H14ClN3O2S/c22-17-7-3-1-5-15(17)19-11-9-14(28-19)10-12-20(26)24-25-13-23-18-8-4-2-6-16(18)21(25)27/h1-13H,(H,24,26)/b12-10+. The van der Waals surface area contributed by atoms with Crippen molar-refractivity contribution in [1.82, 2.24) is 9.66 Å². The van der Waals surface area contributed by atoms with E-state index in [2.05, 4.69) is 10.4 Å². The zero-order valence-electron chi connectivity index (χ0n) is 14.5. The van der Waals surface area contributed by atoms with E-state index in [0.29, 0.717) is 15.9 Å². The van der Waals surface area contributed by atoms with E-state index in [1.54, 1.807) is 30.3 Å². The van der Waals surface area contributed by atoms with Crippen LogP contribution in [0.2, 0.25) is 5.02 Å². The molecule has 5 nitrogen and oxygen atoms in total. The highest BCUT2D eigenvalue weighted by atomic mass is 35.5. The lowest BCUT2D eigenvalue weighted by atomic mass is 10.2. The van der Waals surface area contributed by atoms with Gasteiger partial charge < -0.3 is 0 Å². The minimum atomic E-state index is -0.424. The van der Waals surface area contributed by atoms with E-state index in [1.165, 1.54) is 23.7 Å². The lowest BCUT2D eigenvalue weighted by Crippen LogP contribution is -2.32. The molecule has 0 unspecified atom stereocenters. The van der Waals surface area contributed by atoms with Gasteiger partial charge in [0.25, 0.3) is 11.5 Å². The molecule has 0 atom stereocenters. The van der Waals surface area contributed by atoms with E-state index in [4.69, 9.17) is 11.6 Å². The Morgan fingerprint density at radius 2 is 1.86 bits per heavy atom. The van der Waals surface area contributed by atoms with Crippen LogP contribution in [0.1, 0.15) is 4.88 Å². The predicted molar refractivity (Wildman–Crippen MR) is 114 cm³/mol. The van der Waals surface area contributed by atoms with Gasteiger partial charge >= 0.3 is 0 Å². The number of halogens is 1. The summed E-state index contributed by atoms with van der Waals surface area (Å²) in [6.07, 6.45) is 4.38. The highest BCUT2D eigenvalue weighted by molar-refractivity contribution is 7.16. The monoisotopic (exact) mass is 407 g/mol. The second kappa shape index (κ2) is 7.80. The van der Waals surface area contributed by atoms with Crippen molar-refractivity contribution in [2.24, 2.45) is 0 Å². The molecule has 28 heavy (non-hydrogen) atoms. The van der Waals surface area contributed by atoms with Gasteiger partial charge in [0.05, 0.1) is 10.9 Å². The maximum atomic E-state index is 12.4. The third-order valence-corrected chi connectivity index (χ3v) is 5.47. The Kier molecular flexibility index (Phi) is 5.06. The Morgan fingerprint density at radius 1 is 1.07 bits per heavy atom. The van der Waals surface area contributed by atoms with E-state index < -0.39 is 5.91 Å². The van der Waals surface area contributed by atoms with Crippen LogP contribution in [0.25, 0.3) is 27.4 Å². The zero-order valence-corrected chi connectivity index (χ0v) is 16.1. The van der Waals surface area contributed by atoms with Gasteiger partial charge in [0.1, 0.15) is 6.33 Å². The number of carbonyl (C=O) groups is 1. The lowest BCUT2D eigenvalue weighted by Gasteiger charge is -2.06. The summed E-state index contributed by atoms with van der Waals surface area (Å²) in [5.74, 6) is -0.424. The molecule has 0 radical (unpaired) electrons. The van der Waals surface area contributed by atoms with Crippen molar-refractivity contribution in [2.45, 2.75) is 0 Å². The number of fused-ring (bicyclic) bond motifs is 1. The molecule has 0 saturated heterocycles. The molecular formula is C21H14ClN3O2S. The van der Waals surface area contributed by atoms with Crippen molar-refractivity contribution in [3.05, 3.63) is 93.3 Å². The van der Waals surface area contributed by atoms with Crippen molar-refractivity contribution in [2.75, 3.05) is 5.43 Å². The molecule has 0 bridgehead atoms. The van der Waals surface area contributed by atoms with E-state index in [9.17, 15) is 9.59 Å². The highest BCUT2D eigenvalue weighted by Gasteiger charge is 2.07. The Balaban J connectivity index is 1.50. The van der Waals surface area contributed by atoms with E-state index in [1.807, 2.05) is 36.4 Å². The molecule has 0 saturated carbocycles. The number of nitrogens with zero attached hydrogens (tertiary/aromatic N) is 2. The first-order valence-corrected chi connectivity index (χ1v) is 9.61. The van der Waals surface area contributed by atoms with Crippen LogP contribution in [0.4, 0.5) is 0 Å². The smallest absolute Gasteiger partial charge is 0.268 e. The van der Waals surface area contributed by atoms with E-state index in [0.717, 1.165) is 20.0 Å². The Morgan fingerprint density at radius 3 is 2.71 bits per heavy atom. The summed E-state index contributed by atoms with van der Waals surface area (Å²) in [5, 5.41) is 1.12. The molecule has 0 fully saturated rings. The zero-order chi connectivity index (χ0) is 19.5. The summed E-state index contributed by atoms with van der Waals surface area (Å²) < 4.78 is 1.08. The number of hydrogen-bond donors (Lipinski definition) is 1. The van der Waals surface area contributed by atoms with Crippen LogP contribution in [-0.4, -0.2) is 15.6 Å². The van der Waals surface area contributed by atoms with Crippen molar-refractivity contribution >= 4 is 45.8 Å². The number of hydrogen-bond acceptors (Lipinski definition) is 4. The fourth-order valence-corrected chi connectivity index (χ4v) is 3.95. The lowest BCUT2D eigenvalue weighted by molar-refractivity contribution is -0.112. The molecule has 2 aromatic carbocycles. The third kappa shape index (κ3) is 3.74. The summed E-state index contributed by atoms with van der Waals surface area (Å²) >= 11 is 7.75. The van der Waals surface area contributed by atoms with Gasteiger partial charge in [-0.05, 0) is 36.4 Å². The van der Waals surface area contributed by atoms with Crippen LogP contribution in [-0.2, 0) is 4.79 Å². The summed E-state index contributed by atoms with van der Waals surface area (Å²) in [6, 6.07) is 18.5. The van der Waals surface area contributed by atoms with Gasteiger partial charge in [-0.1, -0.05) is 41.9 Å². The second-order valence-electron chi connectivity index (χ2n) is 5.93. The number of thiophene rings is 1. The van der Waals surface area contributed by atoms with E-state index in [-0.39, 0.29) is 5.56 Å². The fourth-order valence-electron chi connectivity index (χ4n) is 2.71. The predicted octanol–water partition coefficient (Wildman–Crippen LogP) is 4.56. The van der Waals surface area contributed by atoms with Crippen LogP contribution >= 0.6 is 22.9 Å². The highest BCUT2D eigenvalue weighted by Crippen LogP contribution is 2.33. The third-order valence-electron chi connectivity index (χ3n) is 4.06. The fraction of sp³-hybridized carbons (Fsp3) is 0. The minimum Gasteiger partial charge on any atom is -0.268 e. The number of para-hydroxylation sites is 1. The number of aromatic nitrogens is 2. The molecule has 4 rings (SSSR count). The quantitative estimate of drug-likeness (QED) is 0.504. The summed E-state index contributed by atoms with van der Waals surface area (Å²) in [4.78, 5) is 30.7. The first-order chi connectivity index (χ1) is 13.6. The first kappa shape index (κ1) is 18.2. The van der Waals surface area contributed by atoms with Crippen LogP contribution < -0.4 is 11.0 Å². The van der Waals surface area contributed by atoms with Gasteiger partial charge in [-0.25, -0.2) is 9.66 Å². The molecule has 0 aliphatic rings. The minimum absolute atomic E-state index is 0.329. The van der Waals surface area contributed by atoms with E-state index >= 15 is 0 Å². The molecule has 0 aliphatic heterocycles.